The number of hydrogen-bond acceptors (Lipinski definition) is 0. The van der Waals surface area contributed by atoms with Crippen LogP contribution in [-0.4, -0.2) is 6.88 Å². The van der Waals surface area contributed by atoms with Crippen LogP contribution >= 0.6 is 24.8 Å². The van der Waals surface area contributed by atoms with Crippen LogP contribution in [0.2, 0.25) is 0 Å². The predicted octanol–water partition coefficient (Wildman–Crippen LogP) is 13.0. The fourth-order valence-corrected chi connectivity index (χ4v) is 5.57. The standard InChI is InChI=1S/2C20H21.2CH3.2ClH.Si.Zr/c2*1-14-12-16-6-5-7-18(19(16)13-14)15-8-10-17(11-9-15)20(2,3)4;;;;;;/h2*5-13H,1-4H3;2*1H3;2*1H;;/q4*-1;;;;. The molecule has 0 heterocycles. The Kier molecular flexibility index (Phi) is 17.5. The number of hydrogen-bond donors (Lipinski definition) is 0. The molecule has 6 aromatic carbocycles. The predicted molar refractivity (Wildman–Crippen MR) is 210 cm³/mol. The molecule has 46 heavy (non-hydrogen) atoms. The van der Waals surface area contributed by atoms with Crippen molar-refractivity contribution in [3.8, 4) is 22.3 Å². The second kappa shape index (κ2) is 18.4. The summed E-state index contributed by atoms with van der Waals surface area (Å²) in [7, 11) is 0. The zero-order valence-electron chi connectivity index (χ0n) is 29.2. The number of aryl methyl sites for hydroxylation is 2. The molecule has 0 atom stereocenters. The van der Waals surface area contributed by atoms with E-state index in [1.807, 2.05) is 0 Å². The van der Waals surface area contributed by atoms with Crippen molar-refractivity contribution in [2.45, 2.75) is 66.2 Å². The summed E-state index contributed by atoms with van der Waals surface area (Å²) in [5.41, 5.74) is 11.1. The van der Waals surface area contributed by atoms with Crippen LogP contribution in [0, 0.1) is 28.7 Å². The molecule has 0 aliphatic carbocycles. The average Bonchev–Trinajstić information content (AvgIpc) is 3.54. The van der Waals surface area contributed by atoms with Crippen molar-refractivity contribution in [3.63, 3.8) is 0 Å². The van der Waals surface area contributed by atoms with Crippen LogP contribution in [0.4, 0.5) is 0 Å². The van der Waals surface area contributed by atoms with Gasteiger partial charge in [-0.05, 0) is 33.1 Å². The van der Waals surface area contributed by atoms with Gasteiger partial charge in [0.05, 0.1) is 0 Å². The monoisotopic (exact) mass is 742 g/mol. The van der Waals surface area contributed by atoms with Gasteiger partial charge in [0.25, 0.3) is 0 Å². The van der Waals surface area contributed by atoms with Gasteiger partial charge in [0.1, 0.15) is 0 Å². The fourth-order valence-electron chi connectivity index (χ4n) is 5.57. The minimum atomic E-state index is 0. The topological polar surface area (TPSA) is 0 Å². The van der Waals surface area contributed by atoms with Gasteiger partial charge >= 0.3 is 30.2 Å². The Balaban J connectivity index is 0.000000772. The van der Waals surface area contributed by atoms with Crippen molar-refractivity contribution in [2.24, 2.45) is 0 Å². The SMILES string of the molecule is Cc1cc2c(-c3ccc(C(C)(C)C)cc3)cccc2[cH-]1.Cc1cc2c(-c3ccc(C(C)(C)C)cc3)cccc2[cH-]1.Cl.Cl.[CH3-].[CH3-].[Si]=[Zr]. The molecule has 0 N–H and O–H groups in total. The summed E-state index contributed by atoms with van der Waals surface area (Å²) in [5.74, 6) is 0. The first-order valence-electron chi connectivity index (χ1n) is 14.7. The van der Waals surface area contributed by atoms with E-state index in [0.717, 1.165) is 0 Å². The number of halogens is 2. The molecule has 6 aromatic rings. The molecule has 0 amide bonds. The Labute approximate surface area is 309 Å². The molecule has 0 fully saturated rings. The van der Waals surface area contributed by atoms with E-state index in [4.69, 9.17) is 0 Å². The third-order valence-electron chi connectivity index (χ3n) is 7.91. The van der Waals surface area contributed by atoms with Gasteiger partial charge in [0.15, 0.2) is 0 Å². The first-order chi connectivity index (χ1) is 19.9. The summed E-state index contributed by atoms with van der Waals surface area (Å²) in [6, 6.07) is 40.2. The Morgan fingerprint density at radius 1 is 0.500 bits per heavy atom. The molecule has 2 radical (unpaired) electrons. The van der Waals surface area contributed by atoms with Crippen LogP contribution in [0.3, 0.4) is 0 Å². The van der Waals surface area contributed by atoms with Crippen LogP contribution in [0.1, 0.15) is 63.8 Å². The Hall–Kier alpha value is -2.22. The average molecular weight is 745 g/mol. The normalized spacial score (nSPS) is 10.5. The van der Waals surface area contributed by atoms with Crippen molar-refractivity contribution in [3.05, 3.63) is 146 Å². The first kappa shape index (κ1) is 43.8. The van der Waals surface area contributed by atoms with E-state index in [0.29, 0.717) is 0 Å². The van der Waals surface area contributed by atoms with Crippen molar-refractivity contribution in [1.29, 1.82) is 0 Å². The maximum absolute atomic E-state index is 3.06. The zero-order valence-corrected chi connectivity index (χ0v) is 34.3. The molecule has 6 rings (SSSR count). The second-order valence-corrected chi connectivity index (χ2v) is 13.3. The van der Waals surface area contributed by atoms with E-state index in [1.54, 1.807) is 0 Å². The summed E-state index contributed by atoms with van der Waals surface area (Å²) in [4.78, 5) is 0. The second-order valence-electron chi connectivity index (χ2n) is 13.3. The van der Waals surface area contributed by atoms with Crippen molar-refractivity contribution in [2.75, 3.05) is 0 Å². The van der Waals surface area contributed by atoms with Gasteiger partial charge < -0.3 is 14.9 Å². The molecule has 0 spiro atoms. The van der Waals surface area contributed by atoms with E-state index in [1.165, 1.54) is 89.4 Å². The van der Waals surface area contributed by atoms with Gasteiger partial charge in [0.2, 0.25) is 0 Å². The molecule has 0 nitrogen and oxygen atoms in total. The van der Waals surface area contributed by atoms with Gasteiger partial charge in [-0.3, -0.25) is 0 Å². The van der Waals surface area contributed by atoms with E-state index < -0.39 is 0 Å². The molecule has 244 valence electrons. The van der Waals surface area contributed by atoms with E-state index in [2.05, 4.69) is 171 Å². The molecule has 0 unspecified atom stereocenters. The zero-order chi connectivity index (χ0) is 30.7. The van der Waals surface area contributed by atoms with Crippen molar-refractivity contribution in [1.82, 2.24) is 0 Å². The maximum atomic E-state index is 3.06. The molecular weight excluding hydrogens is 695 g/mol. The quantitative estimate of drug-likeness (QED) is 0.122. The molecule has 0 aromatic heterocycles. The number of rotatable bonds is 2. The van der Waals surface area contributed by atoms with Gasteiger partial charge in [-0.2, -0.15) is 12.1 Å². The number of fused-ring (bicyclic) bond motifs is 2. The molecule has 4 heteroatoms. The van der Waals surface area contributed by atoms with Crippen molar-refractivity contribution < 1.29 is 23.3 Å². The van der Waals surface area contributed by atoms with E-state index in [-0.39, 0.29) is 50.5 Å². The molecular formula is C42H50Cl2SiZr-4. The Bertz CT molecular complexity index is 1640. The summed E-state index contributed by atoms with van der Waals surface area (Å²) in [6.45, 7) is 20.9. The molecule has 0 aliphatic rings. The Morgan fingerprint density at radius 3 is 1.09 bits per heavy atom. The van der Waals surface area contributed by atoms with Crippen LogP contribution in [0.5, 0.6) is 0 Å². The van der Waals surface area contributed by atoms with Gasteiger partial charge in [-0.25, -0.2) is 0 Å². The molecule has 0 aliphatic heterocycles. The van der Waals surface area contributed by atoms with Gasteiger partial charge in [-0.15, -0.1) is 93.9 Å². The summed E-state index contributed by atoms with van der Waals surface area (Å²) < 4.78 is 0. The van der Waals surface area contributed by atoms with E-state index in [9.17, 15) is 0 Å². The van der Waals surface area contributed by atoms with Crippen molar-refractivity contribution >= 4 is 53.2 Å². The van der Waals surface area contributed by atoms with Crippen LogP contribution in [-0.2, 0) is 34.2 Å². The summed E-state index contributed by atoms with van der Waals surface area (Å²) in [5, 5.41) is 5.38. The summed E-state index contributed by atoms with van der Waals surface area (Å²) in [6.07, 6.45) is 0. The number of benzene rings is 4. The Morgan fingerprint density at radius 2 is 0.804 bits per heavy atom. The van der Waals surface area contributed by atoms with Crippen LogP contribution in [0.15, 0.2) is 109 Å². The van der Waals surface area contributed by atoms with Crippen LogP contribution < -0.4 is 0 Å². The molecule has 0 saturated carbocycles. The molecule has 0 bridgehead atoms. The van der Waals surface area contributed by atoms with E-state index >= 15 is 0 Å². The fraction of sp³-hybridized carbons (Fsp3) is 0.238. The van der Waals surface area contributed by atoms with Gasteiger partial charge in [-0.1, -0.05) is 127 Å². The van der Waals surface area contributed by atoms with Crippen LogP contribution in [0.25, 0.3) is 43.8 Å². The third kappa shape index (κ3) is 10.4. The van der Waals surface area contributed by atoms with Gasteiger partial charge in [0, 0.05) is 0 Å². The summed E-state index contributed by atoms with van der Waals surface area (Å²) >= 11 is 1.36. The minimum absolute atomic E-state index is 0. The third-order valence-corrected chi connectivity index (χ3v) is 7.91. The first-order valence-corrected chi connectivity index (χ1v) is 18.9. The molecule has 0 saturated heterocycles.